The molecule has 3 saturated heterocycles. The molecule has 4 aromatic carbocycles. The first kappa shape index (κ1) is 48.1. The third-order valence-electron chi connectivity index (χ3n) is 11.0. The van der Waals surface area contributed by atoms with Gasteiger partial charge in [-0.1, -0.05) is 126 Å². The number of carbonyl (C=O) groups excluding carboxylic acids is 2. The Kier molecular flexibility index (Phi) is 16.3. The number of esters is 1. The molecule has 3 aliphatic heterocycles. The molecule has 14 nitrogen and oxygen atoms in total. The van der Waals surface area contributed by atoms with Crippen LogP contribution in [0, 0.1) is 10.8 Å². The van der Waals surface area contributed by atoms with Crippen LogP contribution in [-0.2, 0) is 81.6 Å². The van der Waals surface area contributed by atoms with E-state index in [0.29, 0.717) is 0 Å². The van der Waals surface area contributed by atoms with Gasteiger partial charge >= 0.3 is 11.9 Å². The van der Waals surface area contributed by atoms with Gasteiger partial charge in [-0.3, -0.25) is 4.79 Å². The van der Waals surface area contributed by atoms with E-state index in [1.165, 1.54) is 0 Å². The largest absolute Gasteiger partial charge is 0.453 e. The summed E-state index contributed by atoms with van der Waals surface area (Å²) in [6, 6.07) is 38.8. The molecule has 65 heavy (non-hydrogen) atoms. The van der Waals surface area contributed by atoms with Crippen LogP contribution in [0.5, 0.6) is 0 Å². The number of carbonyl (C=O) groups is 2. The molecule has 10 atom stereocenters. The van der Waals surface area contributed by atoms with Crippen molar-refractivity contribution in [1.29, 1.82) is 0 Å². The van der Waals surface area contributed by atoms with Crippen LogP contribution < -0.4 is 0 Å². The highest BCUT2D eigenvalue weighted by atomic mass is 16.8. The fourth-order valence-electron chi connectivity index (χ4n) is 7.37. The van der Waals surface area contributed by atoms with Gasteiger partial charge in [0.05, 0.1) is 43.9 Å². The normalized spacial score (nSPS) is 27.7. The summed E-state index contributed by atoms with van der Waals surface area (Å²) in [4.78, 5) is 32.6. The summed E-state index contributed by atoms with van der Waals surface area (Å²) < 4.78 is 65.1. The number of oxime groups is 1. The van der Waals surface area contributed by atoms with Gasteiger partial charge in [0.25, 0.3) is 0 Å². The fourth-order valence-corrected chi connectivity index (χ4v) is 7.37. The van der Waals surface area contributed by atoms with E-state index in [4.69, 9.17) is 52.2 Å². The van der Waals surface area contributed by atoms with Crippen LogP contribution in [0.25, 0.3) is 0 Å². The zero-order valence-corrected chi connectivity index (χ0v) is 38.1. The van der Waals surface area contributed by atoms with Crippen molar-refractivity contribution in [3.05, 3.63) is 144 Å². The summed E-state index contributed by atoms with van der Waals surface area (Å²) in [6.45, 7) is 10.9. The maximum atomic E-state index is 13.8. The van der Waals surface area contributed by atoms with Gasteiger partial charge in [0.2, 0.25) is 6.29 Å². The number of hydrogen-bond acceptors (Lipinski definition) is 14. The zero-order valence-electron chi connectivity index (χ0n) is 38.1. The van der Waals surface area contributed by atoms with Gasteiger partial charge in [-0.2, -0.15) is 0 Å². The predicted octanol–water partition coefficient (Wildman–Crippen LogP) is 7.87. The Hall–Kier alpha value is -4.87. The second kappa shape index (κ2) is 22.1. The lowest BCUT2D eigenvalue weighted by Gasteiger charge is -2.47. The molecule has 0 bridgehead atoms. The second-order valence-corrected chi connectivity index (χ2v) is 18.3. The lowest BCUT2D eigenvalue weighted by atomic mass is 9.95. The Bertz CT molecular complexity index is 2130. The number of hydrogen-bond donors (Lipinski definition) is 0. The number of rotatable bonds is 16. The molecule has 0 aliphatic carbocycles. The topological polar surface area (TPSA) is 148 Å². The van der Waals surface area contributed by atoms with Gasteiger partial charge < -0.3 is 52.2 Å². The van der Waals surface area contributed by atoms with Crippen molar-refractivity contribution in [2.75, 3.05) is 20.3 Å². The van der Waals surface area contributed by atoms with Gasteiger partial charge in [0.1, 0.15) is 36.6 Å². The van der Waals surface area contributed by atoms with E-state index in [0.717, 1.165) is 22.3 Å². The maximum absolute atomic E-state index is 13.8. The van der Waals surface area contributed by atoms with Crippen LogP contribution in [-0.4, -0.2) is 93.3 Å². The van der Waals surface area contributed by atoms with Crippen LogP contribution in [0.3, 0.4) is 0 Å². The molecule has 4 aromatic rings. The average Bonchev–Trinajstić information content (AvgIpc) is 3.31. The highest BCUT2D eigenvalue weighted by Crippen LogP contribution is 2.37. The molecule has 2 unspecified atom stereocenters. The van der Waals surface area contributed by atoms with Gasteiger partial charge in [0.15, 0.2) is 24.4 Å². The molecule has 0 amide bonds. The Morgan fingerprint density at radius 2 is 1.12 bits per heavy atom. The van der Waals surface area contributed by atoms with Crippen LogP contribution in [0.2, 0.25) is 0 Å². The van der Waals surface area contributed by atoms with Crippen molar-refractivity contribution in [3.63, 3.8) is 0 Å². The van der Waals surface area contributed by atoms with E-state index in [1.807, 2.05) is 121 Å². The Morgan fingerprint density at radius 1 is 0.615 bits per heavy atom. The fraction of sp³-hybridized carbons (Fsp3) is 0.471. The summed E-state index contributed by atoms with van der Waals surface area (Å²) in [5, 5.41) is 4.35. The molecule has 348 valence electrons. The lowest BCUT2D eigenvalue weighted by Crippen LogP contribution is -2.64. The maximum Gasteiger partial charge on any atom is 0.340 e. The highest BCUT2D eigenvalue weighted by Gasteiger charge is 2.54. The van der Waals surface area contributed by atoms with Crippen molar-refractivity contribution >= 4 is 17.7 Å². The first-order chi connectivity index (χ1) is 31.3. The minimum Gasteiger partial charge on any atom is -0.453 e. The Balaban J connectivity index is 1.22. The third-order valence-corrected chi connectivity index (χ3v) is 11.0. The Labute approximate surface area is 381 Å². The summed E-state index contributed by atoms with van der Waals surface area (Å²) >= 11 is 0. The van der Waals surface area contributed by atoms with Crippen molar-refractivity contribution < 1.29 is 61.8 Å². The summed E-state index contributed by atoms with van der Waals surface area (Å²) in [5.74, 6) is -1.18. The first-order valence-electron chi connectivity index (χ1n) is 22.0. The van der Waals surface area contributed by atoms with E-state index in [2.05, 4.69) is 5.16 Å². The molecular weight excluding hydrogens is 835 g/mol. The monoisotopic (exact) mass is 895 g/mol. The van der Waals surface area contributed by atoms with Crippen LogP contribution in [0.1, 0.15) is 70.1 Å². The average molecular weight is 896 g/mol. The molecule has 3 fully saturated rings. The van der Waals surface area contributed by atoms with Crippen molar-refractivity contribution in [2.24, 2.45) is 16.0 Å². The number of benzene rings is 4. The van der Waals surface area contributed by atoms with Crippen LogP contribution in [0.15, 0.2) is 126 Å². The molecule has 14 heteroatoms. The smallest absolute Gasteiger partial charge is 0.340 e. The molecule has 0 radical (unpaired) electrons. The first-order valence-corrected chi connectivity index (χ1v) is 22.0. The van der Waals surface area contributed by atoms with Crippen molar-refractivity contribution in [2.45, 2.75) is 123 Å². The van der Waals surface area contributed by atoms with E-state index < -0.39 is 84.4 Å². The van der Waals surface area contributed by atoms with E-state index >= 15 is 0 Å². The molecule has 0 saturated carbocycles. The number of methoxy groups -OCH3 is 1. The van der Waals surface area contributed by atoms with E-state index in [9.17, 15) is 9.59 Å². The minimum atomic E-state index is -1.35. The predicted molar refractivity (Wildman–Crippen MR) is 238 cm³/mol. The summed E-state index contributed by atoms with van der Waals surface area (Å²) in [7, 11) is 1.54. The number of fused-ring (bicyclic) bond motifs is 1. The van der Waals surface area contributed by atoms with Gasteiger partial charge in [-0.25, -0.2) is 4.79 Å². The zero-order chi connectivity index (χ0) is 46.0. The Morgan fingerprint density at radius 3 is 1.65 bits per heavy atom. The minimum absolute atomic E-state index is 0.0306. The molecule has 0 spiro atoms. The van der Waals surface area contributed by atoms with Gasteiger partial charge in [0, 0.05) is 12.7 Å². The van der Waals surface area contributed by atoms with Gasteiger partial charge in [-0.05, 0) is 58.2 Å². The van der Waals surface area contributed by atoms with Crippen LogP contribution in [0.4, 0.5) is 0 Å². The molecule has 3 heterocycles. The summed E-state index contributed by atoms with van der Waals surface area (Å²) in [6.07, 6.45) is -9.23. The van der Waals surface area contributed by atoms with Gasteiger partial charge in [-0.15, -0.1) is 0 Å². The molecule has 0 aromatic heterocycles. The lowest BCUT2D eigenvalue weighted by molar-refractivity contribution is -0.334. The number of ether oxygens (including phenoxy) is 10. The standard InChI is InChI=1S/C51H61NO13/c1-50(2,3)48(53)64-42-39(52-65-49(54)51(4,5)6)46(61-38-32-59-45(63-41(38)42)36-26-18-11-19-27-36)60-31-37-40(56-28-33-20-12-8-13-21-33)43(57-29-34-22-14-9-15-23-34)44(47(55-7)62-37)58-30-35-24-16-10-17-25-35/h8-27,37-38,40-47H,28-32H2,1-7H3/b52-39-/t37-,38-,40-,41-,42-,43+,44-,45?,46?,47+/m1/s1. The van der Waals surface area contributed by atoms with Crippen LogP contribution >= 0.6 is 0 Å². The van der Waals surface area contributed by atoms with Crippen molar-refractivity contribution in [3.8, 4) is 0 Å². The second-order valence-electron chi connectivity index (χ2n) is 18.3. The molecule has 0 N–H and O–H groups in total. The SMILES string of the molecule is CO[C@H]1O[C@H](COC2O[C@@H]3COC(c4ccccc4)O[C@H]3[C@H](OC(=O)C(C)(C)C)/C2=N/OC(=O)C(C)(C)C)[C@@H](OCc2ccccc2)[C@H](OCc2ccccc2)[C@H]1OCc1ccccc1. The van der Waals surface area contributed by atoms with E-state index in [-0.39, 0.29) is 38.7 Å². The molecular formula is C51H61NO13. The summed E-state index contributed by atoms with van der Waals surface area (Å²) in [5.41, 5.74) is 1.70. The molecule has 7 rings (SSSR count). The van der Waals surface area contributed by atoms with Crippen molar-refractivity contribution in [1.82, 2.24) is 0 Å². The van der Waals surface area contributed by atoms with E-state index in [1.54, 1.807) is 48.7 Å². The number of nitrogens with zero attached hydrogens (tertiary/aromatic N) is 1. The third kappa shape index (κ3) is 12.7. The highest BCUT2D eigenvalue weighted by molar-refractivity contribution is 5.95. The molecule has 3 aliphatic rings. The quantitative estimate of drug-likeness (QED) is 0.0611.